The quantitative estimate of drug-likeness (QED) is 0.900. The van der Waals surface area contributed by atoms with Crippen molar-refractivity contribution >= 4 is 17.5 Å². The predicted octanol–water partition coefficient (Wildman–Crippen LogP) is 1.74. The summed E-state index contributed by atoms with van der Waals surface area (Å²) >= 11 is 6.21. The van der Waals surface area contributed by atoms with Crippen molar-refractivity contribution in [3.05, 3.63) is 34.9 Å². The molecule has 1 amide bonds. The van der Waals surface area contributed by atoms with Gasteiger partial charge in [-0.3, -0.25) is 14.6 Å². The summed E-state index contributed by atoms with van der Waals surface area (Å²) in [5.41, 5.74) is 1.18. The van der Waals surface area contributed by atoms with Crippen LogP contribution in [0.15, 0.2) is 24.3 Å². The highest BCUT2D eigenvalue weighted by atomic mass is 35.5. The third-order valence-corrected chi connectivity index (χ3v) is 4.50. The monoisotopic (exact) mass is 307 g/mol. The molecule has 3 rings (SSSR count). The van der Waals surface area contributed by atoms with Crippen LogP contribution >= 0.6 is 11.6 Å². The van der Waals surface area contributed by atoms with E-state index in [9.17, 15) is 4.79 Å². The number of amides is 1. The first-order valence-corrected chi connectivity index (χ1v) is 8.06. The molecule has 1 N–H and O–H groups in total. The number of benzene rings is 1. The molecule has 0 bridgehead atoms. The molecule has 4 nitrogen and oxygen atoms in total. The SMILES string of the molecule is O=C(CN1CCN(Cc2ccccc2Cl)CC1)NC1CC1. The van der Waals surface area contributed by atoms with Crippen LogP contribution in [-0.2, 0) is 11.3 Å². The van der Waals surface area contributed by atoms with Crippen LogP contribution in [0.3, 0.4) is 0 Å². The molecule has 1 saturated carbocycles. The van der Waals surface area contributed by atoms with Gasteiger partial charge < -0.3 is 5.32 Å². The number of rotatable bonds is 5. The number of hydrogen-bond acceptors (Lipinski definition) is 3. The number of nitrogens with one attached hydrogen (secondary N) is 1. The van der Waals surface area contributed by atoms with Crippen molar-refractivity contribution in [2.45, 2.75) is 25.4 Å². The van der Waals surface area contributed by atoms with E-state index in [0.29, 0.717) is 12.6 Å². The van der Waals surface area contributed by atoms with Crippen molar-refractivity contribution in [1.29, 1.82) is 0 Å². The molecule has 1 aliphatic heterocycles. The van der Waals surface area contributed by atoms with Gasteiger partial charge in [0.2, 0.25) is 5.91 Å². The Bertz CT molecular complexity index is 496. The maximum atomic E-state index is 11.8. The lowest BCUT2D eigenvalue weighted by molar-refractivity contribution is -0.122. The van der Waals surface area contributed by atoms with Crippen molar-refractivity contribution < 1.29 is 4.79 Å². The summed E-state index contributed by atoms with van der Waals surface area (Å²) in [7, 11) is 0. The zero-order chi connectivity index (χ0) is 14.7. The number of hydrogen-bond donors (Lipinski definition) is 1. The molecule has 114 valence electrons. The Kier molecular flexibility index (Phi) is 4.78. The van der Waals surface area contributed by atoms with E-state index in [-0.39, 0.29) is 5.91 Å². The van der Waals surface area contributed by atoms with Crippen LogP contribution < -0.4 is 5.32 Å². The lowest BCUT2D eigenvalue weighted by atomic mass is 10.2. The summed E-state index contributed by atoms with van der Waals surface area (Å²) in [6.45, 7) is 5.30. The number of carbonyl (C=O) groups excluding carboxylic acids is 1. The van der Waals surface area contributed by atoms with Crippen LogP contribution in [0.5, 0.6) is 0 Å². The minimum atomic E-state index is 0.178. The largest absolute Gasteiger partial charge is 0.352 e. The Balaban J connectivity index is 1.42. The fourth-order valence-corrected chi connectivity index (χ4v) is 2.87. The first-order valence-electron chi connectivity index (χ1n) is 7.68. The molecule has 1 aromatic rings. The molecule has 2 fully saturated rings. The van der Waals surface area contributed by atoms with Crippen LogP contribution in [0.1, 0.15) is 18.4 Å². The topological polar surface area (TPSA) is 35.6 Å². The van der Waals surface area contributed by atoms with Gasteiger partial charge in [0, 0.05) is 43.8 Å². The van der Waals surface area contributed by atoms with E-state index in [2.05, 4.69) is 21.2 Å². The molecule has 5 heteroatoms. The van der Waals surface area contributed by atoms with Crippen molar-refractivity contribution in [2.24, 2.45) is 0 Å². The van der Waals surface area contributed by atoms with Gasteiger partial charge in [0.15, 0.2) is 0 Å². The highest BCUT2D eigenvalue weighted by Gasteiger charge is 2.25. The van der Waals surface area contributed by atoms with E-state index in [4.69, 9.17) is 11.6 Å². The number of carbonyl (C=O) groups is 1. The van der Waals surface area contributed by atoms with Crippen LogP contribution in [0.2, 0.25) is 5.02 Å². The van der Waals surface area contributed by atoms with Crippen molar-refractivity contribution in [3.63, 3.8) is 0 Å². The first kappa shape index (κ1) is 14.8. The zero-order valence-electron chi connectivity index (χ0n) is 12.2. The van der Waals surface area contributed by atoms with Crippen molar-refractivity contribution in [3.8, 4) is 0 Å². The average Bonchev–Trinajstić information content (AvgIpc) is 3.27. The summed E-state index contributed by atoms with van der Waals surface area (Å²) in [6, 6.07) is 8.47. The van der Waals surface area contributed by atoms with E-state index >= 15 is 0 Å². The van der Waals surface area contributed by atoms with Gasteiger partial charge in [-0.2, -0.15) is 0 Å². The fraction of sp³-hybridized carbons (Fsp3) is 0.562. The molecule has 0 atom stereocenters. The van der Waals surface area contributed by atoms with Crippen LogP contribution in [0.25, 0.3) is 0 Å². The summed E-state index contributed by atoms with van der Waals surface area (Å²) < 4.78 is 0. The molecule has 2 aliphatic rings. The van der Waals surface area contributed by atoms with Gasteiger partial charge in [0.1, 0.15) is 0 Å². The Hall–Kier alpha value is -1.10. The number of halogens is 1. The van der Waals surface area contributed by atoms with E-state index in [1.165, 1.54) is 5.56 Å². The van der Waals surface area contributed by atoms with Crippen molar-refractivity contribution in [1.82, 2.24) is 15.1 Å². The fourth-order valence-electron chi connectivity index (χ4n) is 2.68. The summed E-state index contributed by atoms with van der Waals surface area (Å²) in [5.74, 6) is 0.178. The standard InChI is InChI=1S/C16H22ClN3O/c17-15-4-2-1-3-13(15)11-19-7-9-20(10-8-19)12-16(21)18-14-5-6-14/h1-4,14H,5-12H2,(H,18,21). The highest BCUT2D eigenvalue weighted by molar-refractivity contribution is 6.31. The minimum absolute atomic E-state index is 0.178. The molecule has 0 radical (unpaired) electrons. The lowest BCUT2D eigenvalue weighted by Gasteiger charge is -2.34. The van der Waals surface area contributed by atoms with Crippen LogP contribution in [0.4, 0.5) is 0 Å². The second-order valence-electron chi connectivity index (χ2n) is 5.99. The van der Waals surface area contributed by atoms with Crippen molar-refractivity contribution in [2.75, 3.05) is 32.7 Å². The Labute approximate surface area is 131 Å². The molecule has 1 saturated heterocycles. The van der Waals surface area contributed by atoms with E-state index in [0.717, 1.165) is 50.6 Å². The normalized spacial score (nSPS) is 20.4. The van der Waals surface area contributed by atoms with E-state index < -0.39 is 0 Å². The molecule has 21 heavy (non-hydrogen) atoms. The lowest BCUT2D eigenvalue weighted by Crippen LogP contribution is -2.49. The summed E-state index contributed by atoms with van der Waals surface area (Å²) in [4.78, 5) is 16.4. The van der Waals surface area contributed by atoms with Crippen LogP contribution in [-0.4, -0.2) is 54.5 Å². The van der Waals surface area contributed by atoms with Gasteiger partial charge in [0.05, 0.1) is 6.54 Å². The number of piperazine rings is 1. The highest BCUT2D eigenvalue weighted by Crippen LogP contribution is 2.19. The van der Waals surface area contributed by atoms with Gasteiger partial charge in [-0.25, -0.2) is 0 Å². The van der Waals surface area contributed by atoms with E-state index in [1.807, 2.05) is 18.2 Å². The van der Waals surface area contributed by atoms with Gasteiger partial charge in [-0.15, -0.1) is 0 Å². The van der Waals surface area contributed by atoms with E-state index in [1.54, 1.807) is 0 Å². The van der Waals surface area contributed by atoms with Gasteiger partial charge in [-0.1, -0.05) is 29.8 Å². The minimum Gasteiger partial charge on any atom is -0.352 e. The third kappa shape index (κ3) is 4.43. The third-order valence-electron chi connectivity index (χ3n) is 4.13. The molecule has 1 aromatic carbocycles. The molecular weight excluding hydrogens is 286 g/mol. The Morgan fingerprint density at radius 2 is 1.81 bits per heavy atom. The first-order chi connectivity index (χ1) is 10.2. The van der Waals surface area contributed by atoms with Gasteiger partial charge in [0.25, 0.3) is 0 Å². The Morgan fingerprint density at radius 3 is 2.48 bits per heavy atom. The van der Waals surface area contributed by atoms with Crippen LogP contribution in [0, 0.1) is 0 Å². The second kappa shape index (κ2) is 6.77. The molecule has 0 spiro atoms. The number of nitrogens with zero attached hydrogens (tertiary/aromatic N) is 2. The molecule has 1 heterocycles. The maximum Gasteiger partial charge on any atom is 0.234 e. The van der Waals surface area contributed by atoms with Gasteiger partial charge in [-0.05, 0) is 24.5 Å². The summed E-state index contributed by atoms with van der Waals surface area (Å²) in [6.07, 6.45) is 2.30. The Morgan fingerprint density at radius 1 is 1.14 bits per heavy atom. The average molecular weight is 308 g/mol. The molecule has 1 aliphatic carbocycles. The zero-order valence-corrected chi connectivity index (χ0v) is 13.0. The maximum absolute atomic E-state index is 11.8. The molecule has 0 aromatic heterocycles. The molecule has 0 unspecified atom stereocenters. The predicted molar refractivity (Wildman–Crippen MR) is 84.3 cm³/mol. The molecular formula is C16H22ClN3O. The smallest absolute Gasteiger partial charge is 0.234 e. The second-order valence-corrected chi connectivity index (χ2v) is 6.39. The summed E-state index contributed by atoms with van der Waals surface area (Å²) in [5, 5.41) is 3.88. The van der Waals surface area contributed by atoms with Gasteiger partial charge >= 0.3 is 0 Å².